The van der Waals surface area contributed by atoms with Crippen LogP contribution >= 0.6 is 23.4 Å². The van der Waals surface area contributed by atoms with E-state index in [0.717, 1.165) is 18.5 Å². The lowest BCUT2D eigenvalue weighted by Gasteiger charge is -2.11. The maximum Gasteiger partial charge on any atom is 0.277 e. The number of hydrogen-bond donors (Lipinski definition) is 0. The number of nitrogens with zero attached hydrogens (tertiary/aromatic N) is 4. The van der Waals surface area contributed by atoms with Gasteiger partial charge in [-0.1, -0.05) is 35.5 Å². The highest BCUT2D eigenvalue weighted by Crippen LogP contribution is 2.27. The molecule has 1 aromatic carbocycles. The Balaban J connectivity index is 1.35. The van der Waals surface area contributed by atoms with Crippen molar-refractivity contribution >= 4 is 29.3 Å². The van der Waals surface area contributed by atoms with Crippen molar-refractivity contribution in [1.29, 1.82) is 0 Å². The summed E-state index contributed by atoms with van der Waals surface area (Å²) >= 11 is 7.34. The van der Waals surface area contributed by atoms with Gasteiger partial charge in [0.25, 0.3) is 5.22 Å². The molecule has 9 heteroatoms. The molecule has 1 saturated heterocycles. The van der Waals surface area contributed by atoms with E-state index in [2.05, 4.69) is 15.2 Å². The summed E-state index contributed by atoms with van der Waals surface area (Å²) in [6.45, 7) is 1.11. The minimum atomic E-state index is 0.130. The van der Waals surface area contributed by atoms with E-state index in [0.29, 0.717) is 46.5 Å². The number of thioether (sulfide) groups is 1. The number of likely N-dealkylation sites (tertiary alicyclic amines) is 1. The third-order valence-electron chi connectivity index (χ3n) is 3.93. The number of carbonyl (C=O) groups is 1. The van der Waals surface area contributed by atoms with E-state index in [1.54, 1.807) is 17.2 Å². The van der Waals surface area contributed by atoms with Gasteiger partial charge in [0.1, 0.15) is 0 Å². The normalized spacial score (nSPS) is 14.3. The number of hydrogen-bond acceptors (Lipinski definition) is 7. The van der Waals surface area contributed by atoms with Crippen molar-refractivity contribution in [2.24, 2.45) is 0 Å². The zero-order chi connectivity index (χ0) is 17.9. The van der Waals surface area contributed by atoms with Crippen LogP contribution in [0.25, 0.3) is 11.3 Å². The average Bonchev–Trinajstić information content (AvgIpc) is 3.36. The number of halogens is 1. The van der Waals surface area contributed by atoms with Gasteiger partial charge in [-0.15, -0.1) is 10.2 Å². The second-order valence-electron chi connectivity index (χ2n) is 5.80. The number of oxazole rings is 1. The molecule has 1 aliphatic heterocycles. The number of benzene rings is 1. The average molecular weight is 391 g/mol. The molecule has 0 aliphatic carbocycles. The first kappa shape index (κ1) is 17.1. The summed E-state index contributed by atoms with van der Waals surface area (Å²) in [6.07, 6.45) is 3.14. The van der Waals surface area contributed by atoms with Crippen molar-refractivity contribution < 1.29 is 13.6 Å². The molecular formula is C17H15ClN4O3S. The number of amides is 1. The second kappa shape index (κ2) is 7.51. The van der Waals surface area contributed by atoms with Crippen LogP contribution in [0.3, 0.4) is 0 Å². The third-order valence-corrected chi connectivity index (χ3v) is 4.97. The third kappa shape index (κ3) is 3.91. The number of rotatable bonds is 6. The van der Waals surface area contributed by atoms with Gasteiger partial charge in [0.15, 0.2) is 5.76 Å². The molecule has 1 aliphatic rings. The predicted octanol–water partition coefficient (Wildman–Crippen LogP) is 3.79. The van der Waals surface area contributed by atoms with Crippen molar-refractivity contribution in [1.82, 2.24) is 20.1 Å². The maximum atomic E-state index is 11.6. The lowest BCUT2D eigenvalue weighted by atomic mass is 10.2. The zero-order valence-electron chi connectivity index (χ0n) is 13.7. The number of carbonyl (C=O) groups excluding carboxylic acids is 1. The van der Waals surface area contributed by atoms with Gasteiger partial charge in [0.05, 0.1) is 18.5 Å². The molecule has 3 aromatic rings. The van der Waals surface area contributed by atoms with Crippen LogP contribution in [-0.2, 0) is 17.1 Å². The smallest absolute Gasteiger partial charge is 0.277 e. The van der Waals surface area contributed by atoms with Crippen molar-refractivity contribution in [2.75, 3.05) is 6.54 Å². The first-order chi connectivity index (χ1) is 12.7. The Hall–Kier alpha value is -2.32. The van der Waals surface area contributed by atoms with Gasteiger partial charge in [-0.25, -0.2) is 4.98 Å². The lowest BCUT2D eigenvalue weighted by molar-refractivity contribution is -0.128. The molecule has 0 radical (unpaired) electrons. The summed E-state index contributed by atoms with van der Waals surface area (Å²) in [5.74, 6) is 2.24. The summed E-state index contributed by atoms with van der Waals surface area (Å²) < 4.78 is 11.3. The Kier molecular flexibility index (Phi) is 4.94. The Labute approximate surface area is 158 Å². The molecule has 0 N–H and O–H groups in total. The van der Waals surface area contributed by atoms with Crippen LogP contribution in [0.1, 0.15) is 24.6 Å². The molecule has 4 rings (SSSR count). The van der Waals surface area contributed by atoms with E-state index in [1.807, 2.05) is 18.2 Å². The second-order valence-corrected chi connectivity index (χ2v) is 7.16. The molecule has 0 saturated carbocycles. The highest BCUT2D eigenvalue weighted by atomic mass is 35.5. The van der Waals surface area contributed by atoms with Crippen LogP contribution in [0, 0.1) is 0 Å². The van der Waals surface area contributed by atoms with Crippen molar-refractivity contribution in [3.63, 3.8) is 0 Å². The van der Waals surface area contributed by atoms with Gasteiger partial charge in [0, 0.05) is 23.6 Å². The monoisotopic (exact) mass is 390 g/mol. The van der Waals surface area contributed by atoms with Crippen LogP contribution < -0.4 is 0 Å². The van der Waals surface area contributed by atoms with Crippen LogP contribution in [-0.4, -0.2) is 32.5 Å². The summed E-state index contributed by atoms with van der Waals surface area (Å²) in [6, 6.07) is 7.40. The molecular weight excluding hydrogens is 376 g/mol. The Morgan fingerprint density at radius 1 is 1.23 bits per heavy atom. The van der Waals surface area contributed by atoms with Crippen LogP contribution in [0.15, 0.2) is 44.5 Å². The standard InChI is InChI=1S/C17H15ClN4O3S/c18-12-4-1-3-11(7-12)13-8-19-15(24-13)10-26-17-21-20-14(25-17)9-22-6-2-5-16(22)23/h1,3-4,7-8H,2,5-6,9-10H2. The molecule has 2 aromatic heterocycles. The van der Waals surface area contributed by atoms with E-state index in [-0.39, 0.29) is 5.91 Å². The molecule has 3 heterocycles. The first-order valence-corrected chi connectivity index (χ1v) is 9.47. The molecule has 1 amide bonds. The van der Waals surface area contributed by atoms with E-state index >= 15 is 0 Å². The van der Waals surface area contributed by atoms with Gasteiger partial charge in [-0.3, -0.25) is 4.79 Å². The summed E-state index contributed by atoms with van der Waals surface area (Å²) in [4.78, 5) is 17.6. The van der Waals surface area contributed by atoms with Gasteiger partial charge < -0.3 is 13.7 Å². The van der Waals surface area contributed by atoms with E-state index in [1.165, 1.54) is 11.8 Å². The largest absolute Gasteiger partial charge is 0.440 e. The molecule has 26 heavy (non-hydrogen) atoms. The Bertz CT molecular complexity index is 926. The predicted molar refractivity (Wildman–Crippen MR) is 95.5 cm³/mol. The fourth-order valence-corrected chi connectivity index (χ4v) is 3.49. The van der Waals surface area contributed by atoms with Crippen LogP contribution in [0.2, 0.25) is 5.02 Å². The molecule has 0 bridgehead atoms. The summed E-state index contributed by atoms with van der Waals surface area (Å²) in [5.41, 5.74) is 0.872. The van der Waals surface area contributed by atoms with E-state index in [4.69, 9.17) is 20.4 Å². The molecule has 7 nitrogen and oxygen atoms in total. The van der Waals surface area contributed by atoms with Gasteiger partial charge in [0.2, 0.25) is 17.7 Å². The van der Waals surface area contributed by atoms with Crippen LogP contribution in [0.4, 0.5) is 0 Å². The number of aromatic nitrogens is 3. The minimum absolute atomic E-state index is 0.130. The van der Waals surface area contributed by atoms with E-state index < -0.39 is 0 Å². The zero-order valence-corrected chi connectivity index (χ0v) is 15.3. The molecule has 0 atom stereocenters. The highest BCUT2D eigenvalue weighted by Gasteiger charge is 2.22. The lowest BCUT2D eigenvalue weighted by Crippen LogP contribution is -2.23. The Morgan fingerprint density at radius 2 is 2.15 bits per heavy atom. The van der Waals surface area contributed by atoms with Crippen molar-refractivity contribution in [3.8, 4) is 11.3 Å². The van der Waals surface area contributed by atoms with Crippen molar-refractivity contribution in [2.45, 2.75) is 30.4 Å². The fourth-order valence-electron chi connectivity index (χ4n) is 2.67. The molecule has 1 fully saturated rings. The van der Waals surface area contributed by atoms with Crippen LogP contribution in [0.5, 0.6) is 0 Å². The SMILES string of the molecule is O=C1CCCN1Cc1nnc(SCc2ncc(-c3cccc(Cl)c3)o2)o1. The first-order valence-electron chi connectivity index (χ1n) is 8.11. The van der Waals surface area contributed by atoms with Crippen molar-refractivity contribution in [3.05, 3.63) is 47.3 Å². The molecule has 0 spiro atoms. The fraction of sp³-hybridized carbons (Fsp3) is 0.294. The minimum Gasteiger partial charge on any atom is -0.440 e. The highest BCUT2D eigenvalue weighted by molar-refractivity contribution is 7.98. The maximum absolute atomic E-state index is 11.6. The molecule has 134 valence electrons. The molecule has 0 unspecified atom stereocenters. The van der Waals surface area contributed by atoms with E-state index in [9.17, 15) is 4.79 Å². The van der Waals surface area contributed by atoms with Gasteiger partial charge in [-0.2, -0.15) is 0 Å². The Morgan fingerprint density at radius 3 is 2.96 bits per heavy atom. The topological polar surface area (TPSA) is 85.3 Å². The van der Waals surface area contributed by atoms with Gasteiger partial charge >= 0.3 is 0 Å². The quantitative estimate of drug-likeness (QED) is 0.592. The van der Waals surface area contributed by atoms with Gasteiger partial charge in [-0.05, 0) is 18.6 Å². The summed E-state index contributed by atoms with van der Waals surface area (Å²) in [7, 11) is 0. The summed E-state index contributed by atoms with van der Waals surface area (Å²) in [5, 5.41) is 9.06.